The lowest BCUT2D eigenvalue weighted by atomic mass is 10.1. The molecule has 26 heavy (non-hydrogen) atoms. The fraction of sp³-hybridized carbons (Fsp3) is 0.158. The van der Waals surface area contributed by atoms with Crippen LogP contribution >= 0.6 is 11.6 Å². The summed E-state index contributed by atoms with van der Waals surface area (Å²) < 4.78 is 4.99. The van der Waals surface area contributed by atoms with Crippen molar-refractivity contribution in [3.63, 3.8) is 0 Å². The predicted octanol–water partition coefficient (Wildman–Crippen LogP) is 2.75. The van der Waals surface area contributed by atoms with Crippen molar-refractivity contribution in [3.05, 3.63) is 70.2 Å². The Morgan fingerprint density at radius 2 is 1.54 bits per heavy atom. The van der Waals surface area contributed by atoms with Crippen LogP contribution in [0.3, 0.4) is 0 Å². The largest absolute Gasteiger partial charge is 0.456 e. The molecule has 132 valence electrons. The second kappa shape index (κ2) is 7.09. The third-order valence-electron chi connectivity index (χ3n) is 4.07. The first-order valence-corrected chi connectivity index (χ1v) is 8.21. The normalized spacial score (nSPS) is 14.2. The van der Waals surface area contributed by atoms with Gasteiger partial charge >= 0.3 is 5.97 Å². The molecule has 3 rings (SSSR count). The number of imide groups is 1. The number of rotatable bonds is 5. The number of nitrogens with zero attached hydrogens (tertiary/aromatic N) is 1. The first-order valence-electron chi connectivity index (χ1n) is 7.83. The van der Waals surface area contributed by atoms with Crippen LogP contribution in [0.2, 0.25) is 5.02 Å². The lowest BCUT2D eigenvalue weighted by Crippen LogP contribution is -2.44. The van der Waals surface area contributed by atoms with E-state index in [4.69, 9.17) is 16.3 Å². The number of benzene rings is 2. The van der Waals surface area contributed by atoms with Crippen molar-refractivity contribution in [2.75, 3.05) is 6.61 Å². The van der Waals surface area contributed by atoms with E-state index in [9.17, 15) is 19.2 Å². The van der Waals surface area contributed by atoms with Gasteiger partial charge in [0.05, 0.1) is 16.1 Å². The van der Waals surface area contributed by atoms with E-state index in [1.54, 1.807) is 30.3 Å². The summed E-state index contributed by atoms with van der Waals surface area (Å²) in [6, 6.07) is 11.6. The number of hydrogen-bond donors (Lipinski definition) is 0. The van der Waals surface area contributed by atoms with Crippen molar-refractivity contribution in [1.29, 1.82) is 0 Å². The highest BCUT2D eigenvalue weighted by Crippen LogP contribution is 2.25. The molecule has 1 aliphatic rings. The molecule has 0 bridgehead atoms. The molecule has 0 radical (unpaired) electrons. The summed E-state index contributed by atoms with van der Waals surface area (Å²) >= 11 is 5.93. The molecular weight excluding hydrogens is 358 g/mol. The highest BCUT2D eigenvalue weighted by Gasteiger charge is 2.41. The van der Waals surface area contributed by atoms with E-state index in [1.807, 2.05) is 0 Å². The number of fused-ring (bicyclic) bond motifs is 1. The summed E-state index contributed by atoms with van der Waals surface area (Å²) in [6.07, 6.45) is 0. The molecule has 0 N–H and O–H groups in total. The van der Waals surface area contributed by atoms with E-state index in [1.165, 1.54) is 25.1 Å². The summed E-state index contributed by atoms with van der Waals surface area (Å²) in [5.74, 6) is -2.45. The maximum Gasteiger partial charge on any atom is 0.329 e. The van der Waals surface area contributed by atoms with Crippen molar-refractivity contribution in [3.8, 4) is 0 Å². The van der Waals surface area contributed by atoms with Gasteiger partial charge in [0.15, 0.2) is 6.61 Å². The molecule has 0 unspecified atom stereocenters. The summed E-state index contributed by atoms with van der Waals surface area (Å²) in [5, 5.41) is 0.252. The number of ketones is 1. The van der Waals surface area contributed by atoms with E-state index >= 15 is 0 Å². The van der Waals surface area contributed by atoms with Crippen LogP contribution in [0.25, 0.3) is 0 Å². The topological polar surface area (TPSA) is 80.8 Å². The van der Waals surface area contributed by atoms with Crippen LogP contribution in [-0.2, 0) is 9.53 Å². The number of halogens is 1. The van der Waals surface area contributed by atoms with Gasteiger partial charge in [-0.3, -0.25) is 19.3 Å². The molecule has 1 heterocycles. The van der Waals surface area contributed by atoms with E-state index in [0.29, 0.717) is 0 Å². The van der Waals surface area contributed by atoms with Gasteiger partial charge in [0.1, 0.15) is 6.04 Å². The van der Waals surface area contributed by atoms with Gasteiger partial charge < -0.3 is 4.74 Å². The average Bonchev–Trinajstić information content (AvgIpc) is 2.90. The van der Waals surface area contributed by atoms with E-state index < -0.39 is 36.2 Å². The summed E-state index contributed by atoms with van der Waals surface area (Å²) in [5.41, 5.74) is 0.712. The standard InChI is InChI=1S/C19H14ClNO5/c1-11(21-17(23)12-6-2-3-7-13(12)18(21)24)19(25)26-10-16(22)14-8-4-5-9-15(14)20/h2-9,11H,10H2,1H3/t11-/m0/s1. The van der Waals surface area contributed by atoms with Gasteiger partial charge in [0, 0.05) is 5.56 Å². The Balaban J connectivity index is 1.68. The van der Waals surface area contributed by atoms with Crippen LogP contribution in [0.15, 0.2) is 48.5 Å². The third-order valence-corrected chi connectivity index (χ3v) is 4.40. The zero-order valence-corrected chi connectivity index (χ0v) is 14.5. The molecule has 2 amide bonds. The quantitative estimate of drug-likeness (QED) is 0.458. The average molecular weight is 372 g/mol. The van der Waals surface area contributed by atoms with Crippen LogP contribution in [0.4, 0.5) is 0 Å². The molecule has 1 aliphatic heterocycles. The fourth-order valence-corrected chi connectivity index (χ4v) is 2.93. The summed E-state index contributed by atoms with van der Waals surface area (Å²) in [4.78, 5) is 49.9. The number of Topliss-reactive ketones (excluding diaryl/α,β-unsaturated/α-hetero) is 1. The smallest absolute Gasteiger partial charge is 0.329 e. The molecule has 0 saturated carbocycles. The van der Waals surface area contributed by atoms with Crippen LogP contribution in [-0.4, -0.2) is 41.1 Å². The number of esters is 1. The molecule has 0 spiro atoms. The molecule has 6 nitrogen and oxygen atoms in total. The zero-order chi connectivity index (χ0) is 18.8. The van der Waals surface area contributed by atoms with Crippen molar-refractivity contribution in [1.82, 2.24) is 4.90 Å². The van der Waals surface area contributed by atoms with Crippen LogP contribution in [0.5, 0.6) is 0 Å². The van der Waals surface area contributed by atoms with Gasteiger partial charge in [0.25, 0.3) is 11.8 Å². The molecule has 7 heteroatoms. The summed E-state index contributed by atoms with van der Waals surface area (Å²) in [7, 11) is 0. The molecular formula is C19H14ClNO5. The Morgan fingerprint density at radius 1 is 1.00 bits per heavy atom. The number of carbonyl (C=O) groups excluding carboxylic acids is 4. The molecule has 0 saturated heterocycles. The maximum atomic E-state index is 12.4. The minimum absolute atomic E-state index is 0.232. The van der Waals surface area contributed by atoms with Crippen LogP contribution < -0.4 is 0 Å². The van der Waals surface area contributed by atoms with E-state index in [-0.39, 0.29) is 21.7 Å². The number of amides is 2. The van der Waals surface area contributed by atoms with Gasteiger partial charge in [-0.2, -0.15) is 0 Å². The second-order valence-electron chi connectivity index (χ2n) is 5.71. The predicted molar refractivity (Wildman–Crippen MR) is 93.1 cm³/mol. The van der Waals surface area contributed by atoms with Crippen molar-refractivity contribution < 1.29 is 23.9 Å². The van der Waals surface area contributed by atoms with Gasteiger partial charge in [-0.15, -0.1) is 0 Å². The van der Waals surface area contributed by atoms with Crippen molar-refractivity contribution >= 4 is 35.2 Å². The minimum atomic E-state index is -1.15. The third kappa shape index (κ3) is 3.11. The Labute approximate surface area is 154 Å². The SMILES string of the molecule is C[C@@H](C(=O)OCC(=O)c1ccccc1Cl)N1C(=O)c2ccccc2C1=O. The Bertz CT molecular complexity index is 889. The van der Waals surface area contributed by atoms with E-state index in [0.717, 1.165) is 4.90 Å². The summed E-state index contributed by atoms with van der Waals surface area (Å²) in [6.45, 7) is 0.847. The molecule has 0 aliphatic carbocycles. The van der Waals surface area contributed by atoms with Gasteiger partial charge in [0.2, 0.25) is 5.78 Å². The number of hydrogen-bond acceptors (Lipinski definition) is 5. The molecule has 1 atom stereocenters. The minimum Gasteiger partial charge on any atom is -0.456 e. The monoisotopic (exact) mass is 371 g/mol. The zero-order valence-electron chi connectivity index (χ0n) is 13.8. The first kappa shape index (κ1) is 17.8. The second-order valence-corrected chi connectivity index (χ2v) is 6.12. The highest BCUT2D eigenvalue weighted by atomic mass is 35.5. The van der Waals surface area contributed by atoms with Crippen molar-refractivity contribution in [2.45, 2.75) is 13.0 Å². The van der Waals surface area contributed by atoms with Crippen LogP contribution in [0, 0.1) is 0 Å². The molecule has 2 aromatic rings. The molecule has 0 fully saturated rings. The van der Waals surface area contributed by atoms with E-state index in [2.05, 4.69) is 0 Å². The number of ether oxygens (including phenoxy) is 1. The lowest BCUT2D eigenvalue weighted by molar-refractivity contribution is -0.146. The Hall–Kier alpha value is -2.99. The maximum absolute atomic E-state index is 12.4. The van der Waals surface area contributed by atoms with Crippen LogP contribution in [0.1, 0.15) is 38.0 Å². The van der Waals surface area contributed by atoms with Gasteiger partial charge in [-0.1, -0.05) is 35.9 Å². The van der Waals surface area contributed by atoms with Crippen molar-refractivity contribution in [2.24, 2.45) is 0 Å². The Kier molecular flexibility index (Phi) is 4.86. The molecule has 2 aromatic carbocycles. The van der Waals surface area contributed by atoms with Gasteiger partial charge in [-0.25, -0.2) is 4.79 Å². The lowest BCUT2D eigenvalue weighted by Gasteiger charge is -2.20. The number of carbonyl (C=O) groups is 4. The fourth-order valence-electron chi connectivity index (χ4n) is 2.69. The van der Waals surface area contributed by atoms with Gasteiger partial charge in [-0.05, 0) is 31.2 Å². The Morgan fingerprint density at radius 3 is 2.12 bits per heavy atom. The molecule has 0 aromatic heterocycles. The highest BCUT2D eigenvalue weighted by molar-refractivity contribution is 6.34. The first-order chi connectivity index (χ1) is 12.4.